The third kappa shape index (κ3) is 3.48. The number of halogens is 1. The molecule has 0 amide bonds. The van der Waals surface area contributed by atoms with E-state index in [1.807, 2.05) is 12.1 Å². The van der Waals surface area contributed by atoms with E-state index >= 15 is 0 Å². The Morgan fingerprint density at radius 1 is 1.12 bits per heavy atom. The van der Waals surface area contributed by atoms with Crippen LogP contribution in [-0.2, 0) is 12.8 Å². The van der Waals surface area contributed by atoms with Gasteiger partial charge in [0.05, 0.1) is 0 Å². The molecular formula is C22H24ClN. The van der Waals surface area contributed by atoms with E-state index < -0.39 is 0 Å². The molecule has 1 nitrogen and oxygen atoms in total. The first kappa shape index (κ1) is 17.0. The average molecular weight is 338 g/mol. The lowest BCUT2D eigenvalue weighted by Gasteiger charge is -2.22. The van der Waals surface area contributed by atoms with Gasteiger partial charge in [0.2, 0.25) is 0 Å². The number of allylic oxidation sites excluding steroid dienone is 3. The lowest BCUT2D eigenvalue weighted by Crippen LogP contribution is -2.05. The fraction of sp³-hybridized carbons (Fsp3) is 0.273. The van der Waals surface area contributed by atoms with Crippen molar-refractivity contribution in [2.24, 2.45) is 5.73 Å². The maximum atomic E-state index is 6.45. The minimum absolute atomic E-state index is 0.754. The number of nitrogens with two attached hydrogens (primary N) is 1. The Morgan fingerprint density at radius 2 is 1.96 bits per heavy atom. The van der Waals surface area contributed by atoms with Gasteiger partial charge in [0, 0.05) is 11.4 Å². The van der Waals surface area contributed by atoms with Crippen LogP contribution in [0.15, 0.2) is 49.1 Å². The monoisotopic (exact) mass is 337 g/mol. The van der Waals surface area contributed by atoms with Gasteiger partial charge in [-0.3, -0.25) is 0 Å². The average Bonchev–Trinajstić information content (AvgIpc) is 2.56. The molecule has 3 rings (SSSR count). The predicted octanol–water partition coefficient (Wildman–Crippen LogP) is 5.58. The molecule has 0 unspecified atom stereocenters. The molecule has 0 saturated heterocycles. The van der Waals surface area contributed by atoms with Gasteiger partial charge < -0.3 is 5.73 Å². The first-order chi connectivity index (χ1) is 11.6. The summed E-state index contributed by atoms with van der Waals surface area (Å²) in [5, 5.41) is 0.830. The summed E-state index contributed by atoms with van der Waals surface area (Å²) >= 11 is 6.45. The van der Waals surface area contributed by atoms with E-state index in [2.05, 4.69) is 43.8 Å². The predicted molar refractivity (Wildman–Crippen MR) is 105 cm³/mol. The van der Waals surface area contributed by atoms with E-state index in [4.69, 9.17) is 17.3 Å². The van der Waals surface area contributed by atoms with E-state index in [9.17, 15) is 0 Å². The van der Waals surface area contributed by atoms with Gasteiger partial charge in [-0.05, 0) is 72.2 Å². The fourth-order valence-electron chi connectivity index (χ4n) is 3.44. The molecule has 2 aromatic carbocycles. The Bertz CT molecular complexity index is 802. The normalized spacial score (nSPS) is 13.6. The summed E-state index contributed by atoms with van der Waals surface area (Å²) in [6.45, 7) is 7.15. The summed E-state index contributed by atoms with van der Waals surface area (Å²) in [4.78, 5) is 0. The molecule has 0 bridgehead atoms. The molecule has 0 radical (unpaired) electrons. The van der Waals surface area contributed by atoms with Gasteiger partial charge in [-0.25, -0.2) is 0 Å². The standard InChI is InChI=1S/C22H24ClN/c1-15-9-10-20(17(12-15)6-3-4-11-24)18-13-16(2)19-7-5-8-22(23)21(19)14-18/h5,7-10,12-13H,2-4,6,11,14,24H2,1H3. The Morgan fingerprint density at radius 3 is 2.75 bits per heavy atom. The van der Waals surface area contributed by atoms with Crippen LogP contribution < -0.4 is 5.73 Å². The molecular weight excluding hydrogens is 314 g/mol. The number of fused-ring (bicyclic) bond motifs is 1. The molecule has 2 N–H and O–H groups in total. The molecule has 0 spiro atoms. The van der Waals surface area contributed by atoms with Gasteiger partial charge in [-0.15, -0.1) is 0 Å². The molecule has 2 aromatic rings. The van der Waals surface area contributed by atoms with E-state index in [1.165, 1.54) is 33.4 Å². The maximum absolute atomic E-state index is 6.45. The quantitative estimate of drug-likeness (QED) is 0.708. The summed E-state index contributed by atoms with van der Waals surface area (Å²) < 4.78 is 0. The van der Waals surface area contributed by atoms with Gasteiger partial charge in [0.25, 0.3) is 0 Å². The first-order valence-corrected chi connectivity index (χ1v) is 8.95. The molecule has 0 saturated carbocycles. The van der Waals surface area contributed by atoms with Crippen molar-refractivity contribution in [2.45, 2.75) is 32.6 Å². The van der Waals surface area contributed by atoms with Crippen molar-refractivity contribution in [3.63, 3.8) is 0 Å². The smallest absolute Gasteiger partial charge is 0.0447 e. The minimum atomic E-state index is 0.754. The molecule has 124 valence electrons. The van der Waals surface area contributed by atoms with Crippen LogP contribution in [0.3, 0.4) is 0 Å². The molecule has 0 aliphatic heterocycles. The molecule has 0 atom stereocenters. The highest BCUT2D eigenvalue weighted by molar-refractivity contribution is 6.31. The Kier molecular flexibility index (Phi) is 5.23. The van der Waals surface area contributed by atoms with Crippen LogP contribution in [0.5, 0.6) is 0 Å². The number of benzene rings is 2. The van der Waals surface area contributed by atoms with Crippen LogP contribution >= 0.6 is 11.6 Å². The minimum Gasteiger partial charge on any atom is -0.330 e. The molecule has 0 heterocycles. The molecule has 0 fully saturated rings. The highest BCUT2D eigenvalue weighted by Crippen LogP contribution is 2.37. The van der Waals surface area contributed by atoms with Crippen molar-refractivity contribution < 1.29 is 0 Å². The van der Waals surface area contributed by atoms with Crippen LogP contribution in [0.2, 0.25) is 5.02 Å². The van der Waals surface area contributed by atoms with Crippen molar-refractivity contribution in [3.05, 3.63) is 81.9 Å². The van der Waals surface area contributed by atoms with Crippen LogP contribution in [0.25, 0.3) is 11.1 Å². The Labute approximate surface area is 149 Å². The van der Waals surface area contributed by atoms with Crippen LogP contribution in [-0.4, -0.2) is 6.54 Å². The number of unbranched alkanes of at least 4 members (excludes halogenated alkanes) is 1. The van der Waals surface area contributed by atoms with Crippen molar-refractivity contribution in [2.75, 3.05) is 6.54 Å². The summed E-state index contributed by atoms with van der Waals surface area (Å²) in [5.41, 5.74) is 14.4. The van der Waals surface area contributed by atoms with Crippen molar-refractivity contribution in [3.8, 4) is 0 Å². The number of hydrogen-bond donors (Lipinski definition) is 1. The van der Waals surface area contributed by atoms with Crippen molar-refractivity contribution in [1.29, 1.82) is 0 Å². The zero-order chi connectivity index (χ0) is 17.1. The van der Waals surface area contributed by atoms with E-state index in [0.29, 0.717) is 0 Å². The van der Waals surface area contributed by atoms with Crippen LogP contribution in [0.4, 0.5) is 0 Å². The largest absolute Gasteiger partial charge is 0.330 e. The van der Waals surface area contributed by atoms with E-state index in [-0.39, 0.29) is 0 Å². The van der Waals surface area contributed by atoms with Gasteiger partial charge in [-0.1, -0.05) is 60.2 Å². The second-order valence-corrected chi connectivity index (χ2v) is 6.95. The third-order valence-corrected chi connectivity index (χ3v) is 5.04. The van der Waals surface area contributed by atoms with Gasteiger partial charge in [0.1, 0.15) is 0 Å². The fourth-order valence-corrected chi connectivity index (χ4v) is 3.69. The van der Waals surface area contributed by atoms with E-state index in [1.54, 1.807) is 0 Å². The third-order valence-electron chi connectivity index (χ3n) is 4.69. The van der Waals surface area contributed by atoms with Gasteiger partial charge in [0.15, 0.2) is 0 Å². The van der Waals surface area contributed by atoms with Crippen LogP contribution in [0, 0.1) is 6.92 Å². The Balaban J connectivity index is 1.98. The number of hydrogen-bond acceptors (Lipinski definition) is 1. The van der Waals surface area contributed by atoms with Crippen molar-refractivity contribution >= 4 is 22.7 Å². The molecule has 24 heavy (non-hydrogen) atoms. The van der Waals surface area contributed by atoms with Gasteiger partial charge in [-0.2, -0.15) is 0 Å². The highest BCUT2D eigenvalue weighted by atomic mass is 35.5. The number of aryl methyl sites for hydroxylation is 2. The van der Waals surface area contributed by atoms with Crippen molar-refractivity contribution in [1.82, 2.24) is 0 Å². The second kappa shape index (κ2) is 7.38. The SMILES string of the molecule is C=C1C=C(c2ccc(C)cc2CCCCN)Cc2c(Cl)cccc21. The van der Waals surface area contributed by atoms with E-state index in [0.717, 1.165) is 42.8 Å². The summed E-state index contributed by atoms with van der Waals surface area (Å²) in [7, 11) is 0. The Hall–Kier alpha value is -1.83. The summed E-state index contributed by atoms with van der Waals surface area (Å²) in [5.74, 6) is 0. The maximum Gasteiger partial charge on any atom is 0.0447 e. The number of rotatable bonds is 5. The van der Waals surface area contributed by atoms with Crippen LogP contribution in [0.1, 0.15) is 40.7 Å². The topological polar surface area (TPSA) is 26.0 Å². The molecule has 1 aliphatic rings. The zero-order valence-electron chi connectivity index (χ0n) is 14.2. The highest BCUT2D eigenvalue weighted by Gasteiger charge is 2.19. The lowest BCUT2D eigenvalue weighted by molar-refractivity contribution is 0.743. The molecule has 1 aliphatic carbocycles. The second-order valence-electron chi connectivity index (χ2n) is 6.54. The molecule has 0 aromatic heterocycles. The summed E-state index contributed by atoms with van der Waals surface area (Å²) in [6.07, 6.45) is 6.33. The molecule has 2 heteroatoms. The lowest BCUT2D eigenvalue weighted by atomic mass is 9.83. The van der Waals surface area contributed by atoms with Gasteiger partial charge >= 0.3 is 0 Å². The summed E-state index contributed by atoms with van der Waals surface area (Å²) in [6, 6.07) is 12.8. The zero-order valence-corrected chi connectivity index (χ0v) is 15.0. The first-order valence-electron chi connectivity index (χ1n) is 8.57.